The van der Waals surface area contributed by atoms with Crippen LogP contribution in [0, 0.1) is 18.8 Å². The molecule has 0 spiro atoms. The first-order valence-corrected chi connectivity index (χ1v) is 9.63. The summed E-state index contributed by atoms with van der Waals surface area (Å²) in [6.45, 7) is 5.49. The van der Waals surface area contributed by atoms with Gasteiger partial charge in [0.2, 0.25) is 5.91 Å². The summed E-state index contributed by atoms with van der Waals surface area (Å²) in [7, 11) is 3.42. The average molecular weight is 384 g/mol. The number of anilines is 1. The highest BCUT2D eigenvalue weighted by Crippen LogP contribution is 2.36. The molecule has 148 valence electrons. The van der Waals surface area contributed by atoms with Gasteiger partial charge in [-0.3, -0.25) is 19.3 Å². The van der Waals surface area contributed by atoms with Crippen molar-refractivity contribution < 1.29 is 9.59 Å². The number of aromatic nitrogens is 4. The van der Waals surface area contributed by atoms with Crippen molar-refractivity contribution in [3.8, 4) is 0 Å². The minimum absolute atomic E-state index is 0.122. The number of hydrogen-bond donors (Lipinski definition) is 1. The van der Waals surface area contributed by atoms with Crippen molar-refractivity contribution in [1.82, 2.24) is 34.9 Å². The van der Waals surface area contributed by atoms with Crippen molar-refractivity contribution in [1.29, 1.82) is 0 Å². The van der Waals surface area contributed by atoms with Gasteiger partial charge in [-0.25, -0.2) is 14.8 Å². The fourth-order valence-corrected chi connectivity index (χ4v) is 4.74. The number of urea groups is 1. The molecular weight excluding hydrogens is 360 g/mol. The molecule has 3 fully saturated rings. The largest absolute Gasteiger partial charge is 0.355 e. The Bertz CT molecular complexity index is 940. The lowest BCUT2D eigenvalue weighted by Gasteiger charge is -2.35. The maximum atomic E-state index is 12.0. The molecule has 0 bridgehead atoms. The molecule has 5 rings (SSSR count). The summed E-state index contributed by atoms with van der Waals surface area (Å²) in [5.74, 6) is 2.57. The van der Waals surface area contributed by atoms with Gasteiger partial charge in [0.15, 0.2) is 5.65 Å². The molecule has 0 aliphatic carbocycles. The SMILES string of the molecule is Cc1nc(N2CC3CN(C4CC(=O)N(C)C(=O)N4)CC3C2)c2cnn(C)c2n1. The van der Waals surface area contributed by atoms with Crippen molar-refractivity contribution in [3.63, 3.8) is 0 Å². The van der Waals surface area contributed by atoms with E-state index in [0.29, 0.717) is 18.3 Å². The van der Waals surface area contributed by atoms with Crippen LogP contribution in [0.3, 0.4) is 0 Å². The monoisotopic (exact) mass is 384 g/mol. The van der Waals surface area contributed by atoms with Crippen LogP contribution in [0.2, 0.25) is 0 Å². The van der Waals surface area contributed by atoms with E-state index >= 15 is 0 Å². The van der Waals surface area contributed by atoms with E-state index in [9.17, 15) is 9.59 Å². The summed E-state index contributed by atoms with van der Waals surface area (Å²) in [5.41, 5.74) is 0.855. The molecule has 28 heavy (non-hydrogen) atoms. The van der Waals surface area contributed by atoms with E-state index in [4.69, 9.17) is 4.98 Å². The zero-order valence-corrected chi connectivity index (χ0v) is 16.3. The van der Waals surface area contributed by atoms with Gasteiger partial charge in [-0.2, -0.15) is 5.10 Å². The van der Waals surface area contributed by atoms with E-state index in [0.717, 1.165) is 53.8 Å². The molecular formula is C18H24N8O2. The van der Waals surface area contributed by atoms with E-state index in [1.807, 2.05) is 20.2 Å². The lowest BCUT2D eigenvalue weighted by atomic mass is 10.0. The molecule has 0 aromatic carbocycles. The van der Waals surface area contributed by atoms with Gasteiger partial charge < -0.3 is 10.2 Å². The van der Waals surface area contributed by atoms with Gasteiger partial charge in [0.05, 0.1) is 24.2 Å². The molecule has 10 heteroatoms. The lowest BCUT2D eigenvalue weighted by molar-refractivity contribution is -0.130. The maximum absolute atomic E-state index is 12.0. The first-order valence-electron chi connectivity index (χ1n) is 9.63. The van der Waals surface area contributed by atoms with Crippen LogP contribution in [0.1, 0.15) is 12.2 Å². The number of carbonyl (C=O) groups is 2. The van der Waals surface area contributed by atoms with E-state index in [2.05, 4.69) is 25.2 Å². The second kappa shape index (κ2) is 6.13. The number of likely N-dealkylation sites (tertiary alicyclic amines) is 1. The van der Waals surface area contributed by atoms with Crippen molar-refractivity contribution in [2.75, 3.05) is 38.1 Å². The van der Waals surface area contributed by atoms with Crippen LogP contribution in [0.4, 0.5) is 10.6 Å². The first kappa shape index (κ1) is 17.4. The van der Waals surface area contributed by atoms with Crippen LogP contribution in [0.25, 0.3) is 11.0 Å². The van der Waals surface area contributed by atoms with Crippen LogP contribution < -0.4 is 10.2 Å². The Balaban J connectivity index is 1.32. The number of aryl methyl sites for hydroxylation is 2. The molecule has 10 nitrogen and oxygen atoms in total. The van der Waals surface area contributed by atoms with Gasteiger partial charge >= 0.3 is 6.03 Å². The summed E-state index contributed by atoms with van der Waals surface area (Å²) in [5, 5.41) is 8.27. The third kappa shape index (κ3) is 2.62. The second-order valence-corrected chi connectivity index (χ2v) is 8.10. The van der Waals surface area contributed by atoms with Crippen LogP contribution in [0.15, 0.2) is 6.20 Å². The fourth-order valence-electron chi connectivity index (χ4n) is 4.74. The highest BCUT2D eigenvalue weighted by atomic mass is 16.2. The summed E-state index contributed by atoms with van der Waals surface area (Å²) < 4.78 is 1.78. The van der Waals surface area contributed by atoms with Crippen molar-refractivity contribution in [2.24, 2.45) is 18.9 Å². The van der Waals surface area contributed by atoms with Crippen molar-refractivity contribution >= 4 is 28.8 Å². The van der Waals surface area contributed by atoms with Gasteiger partial charge in [0, 0.05) is 40.3 Å². The van der Waals surface area contributed by atoms with Gasteiger partial charge in [-0.15, -0.1) is 0 Å². The number of fused-ring (bicyclic) bond motifs is 2. The number of carbonyl (C=O) groups excluding carboxylic acids is 2. The third-order valence-corrected chi connectivity index (χ3v) is 6.28. The normalized spacial score (nSPS) is 28.3. The summed E-state index contributed by atoms with van der Waals surface area (Å²) in [6, 6.07) is -0.310. The van der Waals surface area contributed by atoms with E-state index < -0.39 is 0 Å². The predicted molar refractivity (Wildman–Crippen MR) is 102 cm³/mol. The number of imide groups is 1. The molecule has 1 N–H and O–H groups in total. The highest BCUT2D eigenvalue weighted by molar-refractivity contribution is 5.96. The Morgan fingerprint density at radius 3 is 2.46 bits per heavy atom. The van der Waals surface area contributed by atoms with Crippen molar-refractivity contribution in [3.05, 3.63) is 12.0 Å². The van der Waals surface area contributed by atoms with Crippen molar-refractivity contribution in [2.45, 2.75) is 19.5 Å². The molecule has 0 radical (unpaired) electrons. The average Bonchev–Trinajstić information content (AvgIpc) is 3.32. The molecule has 2 aromatic heterocycles. The molecule has 3 unspecified atom stereocenters. The third-order valence-electron chi connectivity index (χ3n) is 6.28. The van der Waals surface area contributed by atoms with E-state index in [1.165, 1.54) is 7.05 Å². The number of nitrogens with zero attached hydrogens (tertiary/aromatic N) is 7. The van der Waals surface area contributed by atoms with Crippen LogP contribution in [0.5, 0.6) is 0 Å². The molecule has 5 heterocycles. The van der Waals surface area contributed by atoms with Crippen LogP contribution >= 0.6 is 0 Å². The maximum Gasteiger partial charge on any atom is 0.325 e. The summed E-state index contributed by atoms with van der Waals surface area (Å²) in [6.07, 6.45) is 1.98. The molecule has 3 amide bonds. The zero-order valence-electron chi connectivity index (χ0n) is 16.3. The minimum Gasteiger partial charge on any atom is -0.355 e. The Kier molecular flexibility index (Phi) is 3.80. The Morgan fingerprint density at radius 2 is 1.79 bits per heavy atom. The second-order valence-electron chi connectivity index (χ2n) is 8.10. The van der Waals surface area contributed by atoms with Crippen LogP contribution in [-0.4, -0.2) is 80.9 Å². The zero-order chi connectivity index (χ0) is 19.6. The quantitative estimate of drug-likeness (QED) is 0.774. The molecule has 3 aliphatic heterocycles. The summed E-state index contributed by atoms with van der Waals surface area (Å²) >= 11 is 0. The lowest BCUT2D eigenvalue weighted by Crippen LogP contribution is -2.59. The topological polar surface area (TPSA) is 99.5 Å². The molecule has 0 saturated carbocycles. The van der Waals surface area contributed by atoms with E-state index in [-0.39, 0.29) is 18.1 Å². The Labute approximate surface area is 162 Å². The van der Waals surface area contributed by atoms with Crippen LogP contribution in [-0.2, 0) is 11.8 Å². The first-order chi connectivity index (χ1) is 13.4. The number of rotatable bonds is 2. The van der Waals surface area contributed by atoms with Gasteiger partial charge in [-0.05, 0) is 18.8 Å². The number of hydrogen-bond acceptors (Lipinski definition) is 7. The number of nitrogens with one attached hydrogen (secondary N) is 1. The van der Waals surface area contributed by atoms with E-state index in [1.54, 1.807) is 4.68 Å². The van der Waals surface area contributed by atoms with Gasteiger partial charge in [0.25, 0.3) is 0 Å². The van der Waals surface area contributed by atoms with Gasteiger partial charge in [-0.1, -0.05) is 0 Å². The standard InChI is InChI=1S/C18H24N8O2/c1-10-20-16-13(5-19-24(16)3)17(21-10)26-8-11-6-25(7-12(11)9-26)14-4-15(27)23(2)18(28)22-14/h5,11-12,14H,4,6-9H2,1-3H3,(H,22,28). The smallest absolute Gasteiger partial charge is 0.325 e. The Hall–Kier alpha value is -2.75. The molecule has 3 atom stereocenters. The highest BCUT2D eigenvalue weighted by Gasteiger charge is 2.44. The van der Waals surface area contributed by atoms with Gasteiger partial charge in [0.1, 0.15) is 11.6 Å². The number of amides is 3. The molecule has 3 aliphatic rings. The molecule has 2 aromatic rings. The summed E-state index contributed by atoms with van der Waals surface area (Å²) in [4.78, 5) is 38.9. The minimum atomic E-state index is -0.310. The predicted octanol–water partition coefficient (Wildman–Crippen LogP) is -0.0625. The fraction of sp³-hybridized carbons (Fsp3) is 0.611. The Morgan fingerprint density at radius 1 is 1.07 bits per heavy atom. The molecule has 3 saturated heterocycles.